The summed E-state index contributed by atoms with van der Waals surface area (Å²) in [7, 11) is 0. The van der Waals surface area contributed by atoms with Crippen LogP contribution in [0.4, 0.5) is 0 Å². The standard InChI is InChI=1S/C12H22O/c1-3-5-6-7-8-10-12(11-13)9-4-2/h9,11H,3-8,10H2,1-2H3. The largest absolute Gasteiger partial charge is 0.298 e. The van der Waals surface area contributed by atoms with Crippen LogP contribution in [0.5, 0.6) is 0 Å². The molecule has 0 saturated carbocycles. The van der Waals surface area contributed by atoms with Gasteiger partial charge in [-0.25, -0.2) is 0 Å². The molecule has 0 aromatic carbocycles. The van der Waals surface area contributed by atoms with Crippen molar-refractivity contribution in [2.24, 2.45) is 0 Å². The van der Waals surface area contributed by atoms with Crippen molar-refractivity contribution >= 4 is 6.29 Å². The van der Waals surface area contributed by atoms with E-state index in [9.17, 15) is 4.79 Å². The molecule has 0 amide bonds. The molecule has 0 saturated heterocycles. The summed E-state index contributed by atoms with van der Waals surface area (Å²) < 4.78 is 0. The van der Waals surface area contributed by atoms with E-state index in [2.05, 4.69) is 13.8 Å². The van der Waals surface area contributed by atoms with Gasteiger partial charge in [-0.05, 0) is 24.8 Å². The minimum atomic E-state index is 0.973. The summed E-state index contributed by atoms with van der Waals surface area (Å²) in [4.78, 5) is 10.5. The fraction of sp³-hybridized carbons (Fsp3) is 0.750. The van der Waals surface area contributed by atoms with Gasteiger partial charge in [0.1, 0.15) is 6.29 Å². The molecule has 0 aliphatic carbocycles. The van der Waals surface area contributed by atoms with Gasteiger partial charge in [-0.15, -0.1) is 0 Å². The fourth-order valence-electron chi connectivity index (χ4n) is 1.40. The Hall–Kier alpha value is -0.590. The third-order valence-electron chi connectivity index (χ3n) is 2.19. The van der Waals surface area contributed by atoms with Crippen LogP contribution >= 0.6 is 0 Å². The molecule has 1 heteroatoms. The van der Waals surface area contributed by atoms with E-state index in [1.165, 1.54) is 32.1 Å². The summed E-state index contributed by atoms with van der Waals surface area (Å²) in [6.45, 7) is 4.29. The second-order valence-electron chi connectivity index (χ2n) is 3.47. The molecule has 0 aromatic heterocycles. The van der Waals surface area contributed by atoms with Crippen molar-refractivity contribution in [3.05, 3.63) is 11.6 Å². The monoisotopic (exact) mass is 182 g/mol. The van der Waals surface area contributed by atoms with Gasteiger partial charge >= 0.3 is 0 Å². The van der Waals surface area contributed by atoms with Crippen molar-refractivity contribution in [2.45, 2.75) is 58.8 Å². The van der Waals surface area contributed by atoms with Crippen molar-refractivity contribution in [1.82, 2.24) is 0 Å². The third-order valence-corrected chi connectivity index (χ3v) is 2.19. The van der Waals surface area contributed by atoms with Gasteiger partial charge in [0.15, 0.2) is 0 Å². The molecular formula is C12H22O. The molecule has 76 valence electrons. The summed E-state index contributed by atoms with van der Waals surface area (Å²) in [6, 6.07) is 0. The Morgan fingerprint density at radius 2 is 1.77 bits per heavy atom. The topological polar surface area (TPSA) is 17.1 Å². The Bertz CT molecular complexity index is 147. The fourth-order valence-corrected chi connectivity index (χ4v) is 1.40. The first-order valence-corrected chi connectivity index (χ1v) is 5.49. The molecule has 0 fully saturated rings. The number of carbonyl (C=O) groups excluding carboxylic acids is 1. The zero-order valence-corrected chi connectivity index (χ0v) is 9.01. The number of hydrogen-bond donors (Lipinski definition) is 0. The molecule has 0 aliphatic rings. The molecule has 0 aromatic rings. The second kappa shape index (κ2) is 9.50. The molecule has 0 radical (unpaired) electrons. The minimum Gasteiger partial charge on any atom is -0.298 e. The lowest BCUT2D eigenvalue weighted by atomic mass is 10.1. The van der Waals surface area contributed by atoms with E-state index in [-0.39, 0.29) is 0 Å². The second-order valence-corrected chi connectivity index (χ2v) is 3.47. The minimum absolute atomic E-state index is 0.973. The molecule has 0 bridgehead atoms. The average Bonchev–Trinajstić information content (AvgIpc) is 2.16. The zero-order valence-electron chi connectivity index (χ0n) is 9.01. The van der Waals surface area contributed by atoms with Gasteiger partial charge in [0.05, 0.1) is 0 Å². The van der Waals surface area contributed by atoms with Crippen LogP contribution in [0.3, 0.4) is 0 Å². The smallest absolute Gasteiger partial charge is 0.145 e. The molecule has 13 heavy (non-hydrogen) atoms. The van der Waals surface area contributed by atoms with Crippen LogP contribution < -0.4 is 0 Å². The quantitative estimate of drug-likeness (QED) is 0.316. The maximum absolute atomic E-state index is 10.5. The lowest BCUT2D eigenvalue weighted by Gasteiger charge is -1.99. The van der Waals surface area contributed by atoms with Gasteiger partial charge in [-0.2, -0.15) is 0 Å². The highest BCUT2D eigenvalue weighted by Gasteiger charge is 1.94. The Morgan fingerprint density at radius 3 is 2.31 bits per heavy atom. The van der Waals surface area contributed by atoms with Gasteiger partial charge in [-0.1, -0.05) is 45.6 Å². The summed E-state index contributed by atoms with van der Waals surface area (Å²) in [5, 5.41) is 0. The van der Waals surface area contributed by atoms with E-state index in [0.717, 1.165) is 24.7 Å². The first-order valence-electron chi connectivity index (χ1n) is 5.49. The lowest BCUT2D eigenvalue weighted by molar-refractivity contribution is -0.105. The van der Waals surface area contributed by atoms with Crippen molar-refractivity contribution in [1.29, 1.82) is 0 Å². The Morgan fingerprint density at radius 1 is 1.08 bits per heavy atom. The summed E-state index contributed by atoms with van der Waals surface area (Å²) in [5.74, 6) is 0. The number of aldehydes is 1. The molecule has 0 rings (SSSR count). The van der Waals surface area contributed by atoms with Gasteiger partial charge in [0.25, 0.3) is 0 Å². The van der Waals surface area contributed by atoms with Crippen LogP contribution in [0.2, 0.25) is 0 Å². The SMILES string of the molecule is CCC=C(C=O)CCCCCCC. The molecule has 1 nitrogen and oxygen atoms in total. The third kappa shape index (κ3) is 7.76. The molecule has 0 N–H and O–H groups in total. The highest BCUT2D eigenvalue weighted by molar-refractivity contribution is 5.72. The summed E-state index contributed by atoms with van der Waals surface area (Å²) in [6.07, 6.45) is 11.3. The van der Waals surface area contributed by atoms with Gasteiger partial charge in [-0.3, -0.25) is 4.79 Å². The van der Waals surface area contributed by atoms with Crippen molar-refractivity contribution in [3.63, 3.8) is 0 Å². The normalized spacial score (nSPS) is 11.7. The van der Waals surface area contributed by atoms with Crippen LogP contribution in [-0.2, 0) is 4.79 Å². The van der Waals surface area contributed by atoms with E-state index < -0.39 is 0 Å². The zero-order chi connectivity index (χ0) is 9.94. The molecule has 0 unspecified atom stereocenters. The highest BCUT2D eigenvalue weighted by atomic mass is 16.1. The van der Waals surface area contributed by atoms with Gasteiger partial charge in [0, 0.05) is 0 Å². The van der Waals surface area contributed by atoms with Crippen LogP contribution in [0.25, 0.3) is 0 Å². The van der Waals surface area contributed by atoms with Crippen molar-refractivity contribution in [3.8, 4) is 0 Å². The van der Waals surface area contributed by atoms with Crippen LogP contribution in [0.1, 0.15) is 58.8 Å². The number of carbonyl (C=O) groups is 1. The molecule has 0 spiro atoms. The average molecular weight is 182 g/mol. The summed E-state index contributed by atoms with van der Waals surface area (Å²) in [5.41, 5.74) is 0.985. The number of unbranched alkanes of at least 4 members (excludes halogenated alkanes) is 4. The first kappa shape index (κ1) is 12.4. The Kier molecular flexibility index (Phi) is 9.07. The predicted molar refractivity (Wildman–Crippen MR) is 57.8 cm³/mol. The van der Waals surface area contributed by atoms with Crippen LogP contribution in [-0.4, -0.2) is 6.29 Å². The van der Waals surface area contributed by atoms with Gasteiger partial charge < -0.3 is 0 Å². The van der Waals surface area contributed by atoms with Crippen molar-refractivity contribution in [2.75, 3.05) is 0 Å². The first-order chi connectivity index (χ1) is 6.35. The summed E-state index contributed by atoms with van der Waals surface area (Å²) >= 11 is 0. The predicted octanol–water partition coefficient (Wildman–Crippen LogP) is 3.88. The molecule has 0 aliphatic heterocycles. The van der Waals surface area contributed by atoms with E-state index in [1.807, 2.05) is 6.08 Å². The van der Waals surface area contributed by atoms with Gasteiger partial charge in [0.2, 0.25) is 0 Å². The molecule has 0 heterocycles. The maximum atomic E-state index is 10.5. The van der Waals surface area contributed by atoms with Crippen LogP contribution in [0.15, 0.2) is 11.6 Å². The number of allylic oxidation sites excluding steroid dienone is 2. The van der Waals surface area contributed by atoms with E-state index >= 15 is 0 Å². The Labute approximate surface area is 82.2 Å². The van der Waals surface area contributed by atoms with E-state index in [4.69, 9.17) is 0 Å². The van der Waals surface area contributed by atoms with E-state index in [0.29, 0.717) is 0 Å². The Balaban J connectivity index is 3.39. The number of hydrogen-bond acceptors (Lipinski definition) is 1. The van der Waals surface area contributed by atoms with E-state index in [1.54, 1.807) is 0 Å². The maximum Gasteiger partial charge on any atom is 0.145 e. The van der Waals surface area contributed by atoms with Crippen molar-refractivity contribution < 1.29 is 4.79 Å². The number of rotatable bonds is 8. The highest BCUT2D eigenvalue weighted by Crippen LogP contribution is 2.09. The lowest BCUT2D eigenvalue weighted by Crippen LogP contribution is -1.86. The molecule has 0 atom stereocenters. The molecular weight excluding hydrogens is 160 g/mol. The van der Waals surface area contributed by atoms with Crippen LogP contribution in [0, 0.1) is 0 Å².